The van der Waals surface area contributed by atoms with Gasteiger partial charge in [-0.1, -0.05) is 15.9 Å². The molecule has 0 atom stereocenters. The van der Waals surface area contributed by atoms with Crippen molar-refractivity contribution in [3.05, 3.63) is 28.5 Å². The highest BCUT2D eigenvalue weighted by Gasteiger charge is 2.10. The Morgan fingerprint density at radius 1 is 1.47 bits per heavy atom. The third-order valence-electron chi connectivity index (χ3n) is 1.81. The smallest absolute Gasteiger partial charge is 0.202 e. The molecule has 0 aliphatic heterocycles. The first-order valence-electron chi connectivity index (χ1n) is 4.17. The average Bonchev–Trinajstić information content (AvgIpc) is 2.70. The Balaban J connectivity index is 2.48. The molecule has 15 heavy (non-hydrogen) atoms. The zero-order valence-electron chi connectivity index (χ0n) is 7.79. The lowest BCUT2D eigenvalue weighted by atomic mass is 10.2. The van der Waals surface area contributed by atoms with Crippen LogP contribution in [-0.4, -0.2) is 16.4 Å². The SMILES string of the molecule is CNc1nc(-c2cc(F)ccc2Br)ns1. The van der Waals surface area contributed by atoms with E-state index in [0.717, 1.165) is 4.47 Å². The van der Waals surface area contributed by atoms with Crippen LogP contribution in [0.3, 0.4) is 0 Å². The van der Waals surface area contributed by atoms with Gasteiger partial charge in [0.05, 0.1) is 0 Å². The normalized spacial score (nSPS) is 10.3. The van der Waals surface area contributed by atoms with Gasteiger partial charge in [-0.2, -0.15) is 9.36 Å². The van der Waals surface area contributed by atoms with Crippen molar-refractivity contribution in [1.29, 1.82) is 0 Å². The van der Waals surface area contributed by atoms with Crippen LogP contribution in [0.4, 0.5) is 9.52 Å². The number of nitrogens with one attached hydrogen (secondary N) is 1. The molecule has 6 heteroatoms. The third-order valence-corrected chi connectivity index (χ3v) is 3.23. The van der Waals surface area contributed by atoms with Gasteiger partial charge in [0.1, 0.15) is 5.82 Å². The van der Waals surface area contributed by atoms with E-state index in [9.17, 15) is 4.39 Å². The van der Waals surface area contributed by atoms with Gasteiger partial charge in [-0.05, 0) is 18.2 Å². The van der Waals surface area contributed by atoms with E-state index in [4.69, 9.17) is 0 Å². The molecule has 0 fully saturated rings. The van der Waals surface area contributed by atoms with Gasteiger partial charge >= 0.3 is 0 Å². The molecule has 78 valence electrons. The van der Waals surface area contributed by atoms with Crippen LogP contribution in [0.5, 0.6) is 0 Å². The Kier molecular flexibility index (Phi) is 2.97. The standard InChI is InChI=1S/C9H7BrFN3S/c1-12-9-13-8(14-15-9)6-4-5(11)2-3-7(6)10/h2-4H,1H3,(H,12,13,14). The summed E-state index contributed by atoms with van der Waals surface area (Å²) in [4.78, 5) is 4.20. The maximum absolute atomic E-state index is 13.0. The summed E-state index contributed by atoms with van der Waals surface area (Å²) in [6.07, 6.45) is 0. The number of halogens is 2. The van der Waals surface area contributed by atoms with Gasteiger partial charge in [-0.25, -0.2) is 4.39 Å². The molecule has 0 unspecified atom stereocenters. The topological polar surface area (TPSA) is 37.8 Å². The molecule has 0 aliphatic rings. The molecule has 1 heterocycles. The lowest BCUT2D eigenvalue weighted by Crippen LogP contribution is -1.87. The van der Waals surface area contributed by atoms with Crippen molar-refractivity contribution < 1.29 is 4.39 Å². The van der Waals surface area contributed by atoms with Gasteiger partial charge in [0, 0.05) is 28.6 Å². The highest BCUT2D eigenvalue weighted by Crippen LogP contribution is 2.28. The van der Waals surface area contributed by atoms with E-state index in [-0.39, 0.29) is 5.82 Å². The van der Waals surface area contributed by atoms with Crippen LogP contribution in [0.2, 0.25) is 0 Å². The van der Waals surface area contributed by atoms with Crippen LogP contribution >= 0.6 is 27.5 Å². The first-order chi connectivity index (χ1) is 7.20. The lowest BCUT2D eigenvalue weighted by molar-refractivity contribution is 0.628. The van der Waals surface area contributed by atoms with Crippen LogP contribution in [0.1, 0.15) is 0 Å². The molecule has 0 amide bonds. The molecule has 0 bridgehead atoms. The minimum absolute atomic E-state index is 0.297. The molecule has 2 aromatic rings. The van der Waals surface area contributed by atoms with E-state index in [1.54, 1.807) is 13.1 Å². The van der Waals surface area contributed by atoms with Crippen LogP contribution in [-0.2, 0) is 0 Å². The van der Waals surface area contributed by atoms with Crippen molar-refractivity contribution >= 4 is 32.6 Å². The first kappa shape index (κ1) is 10.5. The number of benzene rings is 1. The largest absolute Gasteiger partial charge is 0.363 e. The van der Waals surface area contributed by atoms with Crippen LogP contribution in [0.15, 0.2) is 22.7 Å². The summed E-state index contributed by atoms with van der Waals surface area (Å²) >= 11 is 4.58. The molecule has 3 nitrogen and oxygen atoms in total. The average molecular weight is 288 g/mol. The highest BCUT2D eigenvalue weighted by molar-refractivity contribution is 9.10. The van der Waals surface area contributed by atoms with Crippen LogP contribution < -0.4 is 5.32 Å². The predicted octanol–water partition coefficient (Wildman–Crippen LogP) is 3.15. The fourth-order valence-electron chi connectivity index (χ4n) is 1.10. The Hall–Kier alpha value is -1.01. The number of aromatic nitrogens is 2. The van der Waals surface area contributed by atoms with Crippen molar-refractivity contribution in [3.8, 4) is 11.4 Å². The van der Waals surface area contributed by atoms with Crippen LogP contribution in [0, 0.1) is 5.82 Å². The number of rotatable bonds is 2. The second kappa shape index (κ2) is 4.24. The summed E-state index contributed by atoms with van der Waals surface area (Å²) in [7, 11) is 1.77. The maximum Gasteiger partial charge on any atom is 0.202 e. The minimum Gasteiger partial charge on any atom is -0.363 e. The monoisotopic (exact) mass is 287 g/mol. The Morgan fingerprint density at radius 2 is 2.27 bits per heavy atom. The van der Waals surface area contributed by atoms with Gasteiger partial charge in [-0.15, -0.1) is 0 Å². The van der Waals surface area contributed by atoms with Gasteiger partial charge in [-0.3, -0.25) is 0 Å². The van der Waals surface area contributed by atoms with E-state index < -0.39 is 0 Å². The second-order valence-corrected chi connectivity index (χ2v) is 4.40. The Labute approximate surface area is 98.7 Å². The molecular formula is C9H7BrFN3S. The first-order valence-corrected chi connectivity index (χ1v) is 5.74. The summed E-state index contributed by atoms with van der Waals surface area (Å²) in [6, 6.07) is 4.44. The Bertz CT molecular complexity index is 486. The molecule has 0 saturated heterocycles. The Morgan fingerprint density at radius 3 is 2.93 bits per heavy atom. The summed E-state index contributed by atoms with van der Waals surface area (Å²) < 4.78 is 17.9. The highest BCUT2D eigenvalue weighted by atomic mass is 79.9. The van der Waals surface area contributed by atoms with Crippen molar-refractivity contribution in [1.82, 2.24) is 9.36 Å². The van der Waals surface area contributed by atoms with E-state index in [1.165, 1.54) is 23.7 Å². The van der Waals surface area contributed by atoms with Gasteiger partial charge in [0.2, 0.25) is 5.13 Å². The third kappa shape index (κ3) is 2.15. The zero-order valence-corrected chi connectivity index (χ0v) is 10.2. The summed E-state index contributed by atoms with van der Waals surface area (Å²) in [5.74, 6) is 0.227. The van der Waals surface area contributed by atoms with Gasteiger partial charge in [0.15, 0.2) is 5.82 Å². The van der Waals surface area contributed by atoms with Crippen molar-refractivity contribution in [2.75, 3.05) is 12.4 Å². The second-order valence-electron chi connectivity index (χ2n) is 2.80. The zero-order chi connectivity index (χ0) is 10.8. The summed E-state index contributed by atoms with van der Waals surface area (Å²) in [5, 5.41) is 3.60. The van der Waals surface area contributed by atoms with E-state index in [1.807, 2.05) is 0 Å². The van der Waals surface area contributed by atoms with Crippen molar-refractivity contribution in [2.45, 2.75) is 0 Å². The fraction of sp³-hybridized carbons (Fsp3) is 0.111. The quantitative estimate of drug-likeness (QED) is 0.922. The number of hydrogen-bond acceptors (Lipinski definition) is 4. The van der Waals surface area contributed by atoms with Crippen LogP contribution in [0.25, 0.3) is 11.4 Å². The molecule has 1 aromatic heterocycles. The van der Waals surface area contributed by atoms with Crippen molar-refractivity contribution in [3.63, 3.8) is 0 Å². The molecule has 1 aromatic carbocycles. The summed E-state index contributed by atoms with van der Waals surface area (Å²) in [6.45, 7) is 0. The molecule has 0 spiro atoms. The number of hydrogen-bond donors (Lipinski definition) is 1. The van der Waals surface area contributed by atoms with Gasteiger partial charge < -0.3 is 5.32 Å². The molecule has 1 N–H and O–H groups in total. The molecule has 0 radical (unpaired) electrons. The maximum atomic E-state index is 13.0. The van der Waals surface area contributed by atoms with Crippen molar-refractivity contribution in [2.24, 2.45) is 0 Å². The number of nitrogens with zero attached hydrogens (tertiary/aromatic N) is 2. The predicted molar refractivity (Wildman–Crippen MR) is 62.5 cm³/mol. The van der Waals surface area contributed by atoms with E-state index >= 15 is 0 Å². The van der Waals surface area contributed by atoms with Gasteiger partial charge in [0.25, 0.3) is 0 Å². The fourth-order valence-corrected chi connectivity index (χ4v) is 2.06. The summed E-state index contributed by atoms with van der Waals surface area (Å²) in [5.41, 5.74) is 0.660. The van der Waals surface area contributed by atoms with E-state index in [0.29, 0.717) is 16.5 Å². The molecule has 2 rings (SSSR count). The minimum atomic E-state index is -0.297. The van der Waals surface area contributed by atoms with E-state index in [2.05, 4.69) is 30.6 Å². The molecule has 0 aliphatic carbocycles. The number of anilines is 1. The lowest BCUT2D eigenvalue weighted by Gasteiger charge is -1.99. The molecular weight excluding hydrogens is 281 g/mol. The molecule has 0 saturated carbocycles.